The topological polar surface area (TPSA) is 87.4 Å². The monoisotopic (exact) mass is 335 g/mol. The quantitative estimate of drug-likeness (QED) is 0.452. The summed E-state index contributed by atoms with van der Waals surface area (Å²) < 4.78 is 41.2. The molecule has 2 aromatic rings. The summed E-state index contributed by atoms with van der Waals surface area (Å²) in [5.41, 5.74) is 0.964. The van der Waals surface area contributed by atoms with E-state index in [1.807, 2.05) is 0 Å². The second-order valence-electron chi connectivity index (χ2n) is 4.96. The van der Waals surface area contributed by atoms with Crippen LogP contribution in [-0.4, -0.2) is 32.5 Å². The first-order valence-electron chi connectivity index (χ1n) is 6.94. The number of aromatic nitrogens is 1. The van der Waals surface area contributed by atoms with Gasteiger partial charge >= 0.3 is 0 Å². The Kier molecular flexibility index (Phi) is 5.25. The van der Waals surface area contributed by atoms with Gasteiger partial charge in [-0.2, -0.15) is 4.57 Å². The molecule has 23 heavy (non-hydrogen) atoms. The van der Waals surface area contributed by atoms with Crippen LogP contribution in [0.15, 0.2) is 47.5 Å². The number of ether oxygens (including phenoxy) is 1. The lowest BCUT2D eigenvalue weighted by atomic mass is 10.0. The number of pyridine rings is 1. The molecular weight excluding hydrogens is 318 g/mol. The Labute approximate surface area is 135 Å². The number of benzene rings is 1. The van der Waals surface area contributed by atoms with Crippen LogP contribution in [-0.2, 0) is 21.4 Å². The van der Waals surface area contributed by atoms with Crippen molar-refractivity contribution >= 4 is 15.9 Å². The number of Topliss-reactive ketones (excluding diaryl/α,β-unsaturated/α-hetero) is 1. The van der Waals surface area contributed by atoms with E-state index in [9.17, 15) is 17.8 Å². The van der Waals surface area contributed by atoms with E-state index in [1.54, 1.807) is 36.1 Å². The van der Waals surface area contributed by atoms with Gasteiger partial charge < -0.3 is 9.29 Å². The third-order valence-electron chi connectivity index (χ3n) is 3.39. The lowest BCUT2D eigenvalue weighted by Gasteiger charge is -2.14. The summed E-state index contributed by atoms with van der Waals surface area (Å²) >= 11 is 0. The summed E-state index contributed by atoms with van der Waals surface area (Å²) in [5, 5.41) is 0. The Morgan fingerprint density at radius 1 is 1.17 bits per heavy atom. The predicted octanol–water partition coefficient (Wildman–Crippen LogP) is 1.39. The van der Waals surface area contributed by atoms with Gasteiger partial charge in [0.15, 0.2) is 12.7 Å². The fraction of sp³-hybridized carbons (Fsp3) is 0.250. The smallest absolute Gasteiger partial charge is 0.256 e. The Morgan fingerprint density at radius 3 is 2.43 bits per heavy atom. The fourth-order valence-electron chi connectivity index (χ4n) is 2.44. The van der Waals surface area contributed by atoms with Gasteiger partial charge in [-0.1, -0.05) is 18.2 Å². The first-order valence-corrected chi connectivity index (χ1v) is 8.34. The zero-order chi connectivity index (χ0) is 17.0. The SMILES string of the molecule is COCC[n+]1cccc(-c2ccccc2S(=O)(=O)[O-])c1C(C)=O. The number of ketones is 1. The summed E-state index contributed by atoms with van der Waals surface area (Å²) in [6.07, 6.45) is 1.72. The van der Waals surface area contributed by atoms with Gasteiger partial charge in [0.1, 0.15) is 16.7 Å². The van der Waals surface area contributed by atoms with E-state index in [-0.39, 0.29) is 16.2 Å². The van der Waals surface area contributed by atoms with E-state index in [4.69, 9.17) is 4.74 Å². The molecule has 0 aliphatic rings. The summed E-state index contributed by atoms with van der Waals surface area (Å²) in [7, 11) is -3.10. The molecule has 7 heteroatoms. The van der Waals surface area contributed by atoms with Crippen molar-refractivity contribution in [1.82, 2.24) is 0 Å². The van der Waals surface area contributed by atoms with Gasteiger partial charge in [-0.25, -0.2) is 8.42 Å². The van der Waals surface area contributed by atoms with Gasteiger partial charge in [-0.3, -0.25) is 4.79 Å². The van der Waals surface area contributed by atoms with Crippen LogP contribution in [0.3, 0.4) is 0 Å². The number of rotatable bonds is 6. The molecule has 0 unspecified atom stereocenters. The zero-order valence-electron chi connectivity index (χ0n) is 12.9. The van der Waals surface area contributed by atoms with Crippen LogP contribution in [0, 0.1) is 0 Å². The maximum Gasteiger partial charge on any atom is 0.256 e. The molecular formula is C16H17NO5S. The molecule has 1 heterocycles. The second kappa shape index (κ2) is 6.99. The highest BCUT2D eigenvalue weighted by molar-refractivity contribution is 7.85. The largest absolute Gasteiger partial charge is 0.744 e. The molecule has 0 radical (unpaired) electrons. The van der Waals surface area contributed by atoms with Crippen molar-refractivity contribution in [3.8, 4) is 11.1 Å². The molecule has 0 aliphatic carbocycles. The van der Waals surface area contributed by atoms with Gasteiger partial charge in [0.25, 0.3) is 5.69 Å². The minimum absolute atomic E-state index is 0.222. The van der Waals surface area contributed by atoms with E-state index in [1.165, 1.54) is 25.1 Å². The number of nitrogens with zero attached hydrogens (tertiary/aromatic N) is 1. The first kappa shape index (κ1) is 17.3. The molecule has 0 N–H and O–H groups in total. The highest BCUT2D eigenvalue weighted by Crippen LogP contribution is 2.28. The van der Waals surface area contributed by atoms with Crippen LogP contribution in [0.5, 0.6) is 0 Å². The molecule has 0 amide bonds. The van der Waals surface area contributed by atoms with Crippen LogP contribution >= 0.6 is 0 Å². The van der Waals surface area contributed by atoms with Crippen LogP contribution in [0.25, 0.3) is 11.1 Å². The van der Waals surface area contributed by atoms with Gasteiger partial charge in [-0.05, 0) is 12.1 Å². The maximum absolute atomic E-state index is 12.1. The van der Waals surface area contributed by atoms with Gasteiger partial charge in [0.05, 0.1) is 10.5 Å². The minimum Gasteiger partial charge on any atom is -0.744 e. The normalized spacial score (nSPS) is 11.4. The third-order valence-corrected chi connectivity index (χ3v) is 4.28. The van der Waals surface area contributed by atoms with E-state index in [0.29, 0.717) is 24.4 Å². The molecule has 0 saturated heterocycles. The maximum atomic E-state index is 12.1. The average molecular weight is 335 g/mol. The summed E-state index contributed by atoms with van der Waals surface area (Å²) in [6.45, 7) is 2.23. The summed E-state index contributed by atoms with van der Waals surface area (Å²) in [4.78, 5) is 11.8. The third kappa shape index (κ3) is 3.82. The van der Waals surface area contributed by atoms with Crippen LogP contribution in [0.4, 0.5) is 0 Å². The second-order valence-corrected chi connectivity index (χ2v) is 6.31. The number of methoxy groups -OCH3 is 1. The summed E-state index contributed by atoms with van der Waals surface area (Å²) in [5.74, 6) is -0.227. The highest BCUT2D eigenvalue weighted by atomic mass is 32.2. The number of hydrogen-bond acceptors (Lipinski definition) is 5. The molecule has 0 saturated carbocycles. The fourth-order valence-corrected chi connectivity index (χ4v) is 3.14. The standard InChI is InChI=1S/C16H17NO5S/c1-12(18)16-14(7-5-9-17(16)10-11-22-2)13-6-3-4-8-15(13)23(19,20)21/h3-9H,10-11H2,1-2H3. The first-order chi connectivity index (χ1) is 10.9. The molecule has 1 aromatic carbocycles. The highest BCUT2D eigenvalue weighted by Gasteiger charge is 2.24. The van der Waals surface area contributed by atoms with E-state index < -0.39 is 10.1 Å². The molecule has 2 rings (SSSR count). The molecule has 6 nitrogen and oxygen atoms in total. The lowest BCUT2D eigenvalue weighted by Crippen LogP contribution is -2.42. The predicted molar refractivity (Wildman–Crippen MR) is 81.9 cm³/mol. The molecule has 0 atom stereocenters. The minimum atomic E-state index is -4.65. The van der Waals surface area contributed by atoms with Crippen LogP contribution < -0.4 is 4.57 Å². The number of hydrogen-bond donors (Lipinski definition) is 0. The van der Waals surface area contributed by atoms with Crippen LogP contribution in [0.1, 0.15) is 17.4 Å². The number of carbonyl (C=O) groups is 1. The van der Waals surface area contributed by atoms with Crippen molar-refractivity contribution in [2.24, 2.45) is 0 Å². The van der Waals surface area contributed by atoms with E-state index in [0.717, 1.165) is 0 Å². The van der Waals surface area contributed by atoms with Gasteiger partial charge in [0, 0.05) is 25.7 Å². The Balaban J connectivity index is 2.72. The Bertz CT molecular complexity index is 830. The van der Waals surface area contributed by atoms with Crippen molar-refractivity contribution in [2.75, 3.05) is 13.7 Å². The van der Waals surface area contributed by atoms with Crippen molar-refractivity contribution < 1.29 is 27.1 Å². The van der Waals surface area contributed by atoms with E-state index >= 15 is 0 Å². The van der Waals surface area contributed by atoms with Crippen molar-refractivity contribution in [3.05, 3.63) is 48.3 Å². The average Bonchev–Trinajstić information content (AvgIpc) is 2.51. The van der Waals surface area contributed by atoms with Crippen LogP contribution in [0.2, 0.25) is 0 Å². The molecule has 0 fully saturated rings. The zero-order valence-corrected chi connectivity index (χ0v) is 13.7. The molecule has 0 bridgehead atoms. The molecule has 0 aliphatic heterocycles. The van der Waals surface area contributed by atoms with Gasteiger partial charge in [0.2, 0.25) is 5.78 Å². The Hall–Kier alpha value is -2.09. The number of carbonyl (C=O) groups excluding carboxylic acids is 1. The lowest BCUT2D eigenvalue weighted by molar-refractivity contribution is -0.699. The van der Waals surface area contributed by atoms with Crippen molar-refractivity contribution in [1.29, 1.82) is 0 Å². The van der Waals surface area contributed by atoms with Gasteiger partial charge in [-0.15, -0.1) is 0 Å². The Morgan fingerprint density at radius 2 is 1.83 bits per heavy atom. The van der Waals surface area contributed by atoms with Crippen molar-refractivity contribution in [2.45, 2.75) is 18.4 Å². The van der Waals surface area contributed by atoms with Crippen molar-refractivity contribution in [3.63, 3.8) is 0 Å². The molecule has 122 valence electrons. The molecule has 0 spiro atoms. The summed E-state index contributed by atoms with van der Waals surface area (Å²) in [6, 6.07) is 9.20. The molecule has 1 aromatic heterocycles. The van der Waals surface area contributed by atoms with E-state index in [2.05, 4.69) is 0 Å².